The van der Waals surface area contributed by atoms with Crippen molar-refractivity contribution in [2.45, 2.75) is 24.8 Å². The molecule has 0 bridgehead atoms. The topological polar surface area (TPSA) is 90.2 Å². The van der Waals surface area contributed by atoms with Gasteiger partial charge in [-0.1, -0.05) is 18.3 Å². The van der Waals surface area contributed by atoms with Crippen molar-refractivity contribution in [1.29, 1.82) is 0 Å². The number of amides is 1. The zero-order valence-corrected chi connectivity index (χ0v) is 19.6. The van der Waals surface area contributed by atoms with E-state index < -0.39 is 15.9 Å². The number of nitrogens with zero attached hydrogens (tertiary/aromatic N) is 3. The van der Waals surface area contributed by atoms with Crippen LogP contribution in [0.15, 0.2) is 52.4 Å². The Morgan fingerprint density at radius 1 is 1.16 bits per heavy atom. The van der Waals surface area contributed by atoms with Crippen molar-refractivity contribution in [2.75, 3.05) is 33.4 Å². The Balaban J connectivity index is 1.65. The number of carbonyl (C=O) groups excluding carboxylic acids is 1. The third kappa shape index (κ3) is 4.49. The van der Waals surface area contributed by atoms with Gasteiger partial charge >= 0.3 is 0 Å². The van der Waals surface area contributed by atoms with Crippen LogP contribution in [-0.2, 0) is 21.3 Å². The van der Waals surface area contributed by atoms with Gasteiger partial charge < -0.3 is 14.0 Å². The predicted molar refractivity (Wildman–Crippen MR) is 123 cm³/mol. The number of fused-ring (bicyclic) bond motifs is 1. The lowest BCUT2D eigenvalue weighted by atomic mass is 10.2. The molecule has 0 saturated carbocycles. The maximum absolute atomic E-state index is 12.9. The fourth-order valence-corrected chi connectivity index (χ4v) is 6.05. The number of hydrogen-bond acceptors (Lipinski definition) is 6. The third-order valence-corrected chi connectivity index (χ3v) is 8.20. The van der Waals surface area contributed by atoms with Gasteiger partial charge in [0.15, 0.2) is 4.80 Å². The van der Waals surface area contributed by atoms with Crippen LogP contribution in [0, 0.1) is 0 Å². The first kappa shape index (κ1) is 22.7. The third-order valence-electron chi connectivity index (χ3n) is 5.24. The molecule has 8 nitrogen and oxygen atoms in total. The van der Waals surface area contributed by atoms with Crippen molar-refractivity contribution < 1.29 is 22.7 Å². The van der Waals surface area contributed by atoms with E-state index in [1.807, 2.05) is 22.8 Å². The van der Waals surface area contributed by atoms with E-state index in [0.29, 0.717) is 36.7 Å². The number of methoxy groups -OCH3 is 1. The number of morpholine rings is 1. The molecule has 4 rings (SSSR count). The van der Waals surface area contributed by atoms with Gasteiger partial charge in [0.25, 0.3) is 5.91 Å². The van der Waals surface area contributed by atoms with Gasteiger partial charge in [-0.3, -0.25) is 4.79 Å². The number of hydrogen-bond donors (Lipinski definition) is 0. The second kappa shape index (κ2) is 9.53. The molecule has 0 unspecified atom stereocenters. The largest absolute Gasteiger partial charge is 0.497 e. The summed E-state index contributed by atoms with van der Waals surface area (Å²) in [6.07, 6.45) is 0.896. The van der Waals surface area contributed by atoms with Crippen LogP contribution in [0.2, 0.25) is 0 Å². The summed E-state index contributed by atoms with van der Waals surface area (Å²) in [7, 11) is -1.99. The van der Waals surface area contributed by atoms with Gasteiger partial charge in [0.1, 0.15) is 5.75 Å². The Morgan fingerprint density at radius 3 is 2.53 bits per heavy atom. The van der Waals surface area contributed by atoms with Crippen molar-refractivity contribution in [2.24, 2.45) is 4.99 Å². The summed E-state index contributed by atoms with van der Waals surface area (Å²) in [6.45, 7) is 4.22. The minimum absolute atomic E-state index is 0.158. The molecule has 1 aromatic heterocycles. The molecule has 1 aliphatic heterocycles. The quantitative estimate of drug-likeness (QED) is 0.547. The first-order chi connectivity index (χ1) is 15.4. The van der Waals surface area contributed by atoms with Gasteiger partial charge in [-0.05, 0) is 48.9 Å². The van der Waals surface area contributed by atoms with Gasteiger partial charge in [-0.25, -0.2) is 8.42 Å². The van der Waals surface area contributed by atoms with E-state index in [1.54, 1.807) is 7.11 Å². The molecular weight excluding hydrogens is 450 g/mol. The van der Waals surface area contributed by atoms with Crippen LogP contribution in [0.25, 0.3) is 10.2 Å². The SMILES string of the molecule is CCCn1c(=NC(=O)c2ccc(S(=O)(=O)N3CCOCC3)cc2)sc2cc(OC)ccc21. The molecule has 0 spiro atoms. The summed E-state index contributed by atoms with van der Waals surface area (Å²) in [6, 6.07) is 11.7. The van der Waals surface area contributed by atoms with Crippen LogP contribution in [0.3, 0.4) is 0 Å². The van der Waals surface area contributed by atoms with Crippen LogP contribution in [0.5, 0.6) is 5.75 Å². The van der Waals surface area contributed by atoms with Crippen LogP contribution in [-0.4, -0.2) is 56.6 Å². The normalized spacial score (nSPS) is 15.9. The molecular formula is C22H25N3O5S2. The molecule has 1 amide bonds. The average molecular weight is 476 g/mol. The molecule has 1 aliphatic rings. The summed E-state index contributed by atoms with van der Waals surface area (Å²) in [5, 5.41) is 0. The second-order valence-corrected chi connectivity index (χ2v) is 10.3. The monoisotopic (exact) mass is 475 g/mol. The number of aromatic nitrogens is 1. The molecule has 0 aliphatic carbocycles. The Hall–Kier alpha value is -2.53. The molecule has 170 valence electrons. The second-order valence-electron chi connectivity index (χ2n) is 7.33. The number of benzene rings is 2. The molecule has 2 heterocycles. The number of sulfonamides is 1. The Kier molecular flexibility index (Phi) is 6.75. The first-order valence-corrected chi connectivity index (χ1v) is 12.6. The van der Waals surface area contributed by atoms with Crippen molar-refractivity contribution in [3.05, 3.63) is 52.8 Å². The summed E-state index contributed by atoms with van der Waals surface area (Å²) >= 11 is 1.42. The molecule has 32 heavy (non-hydrogen) atoms. The van der Waals surface area contributed by atoms with Crippen LogP contribution in [0.1, 0.15) is 23.7 Å². The van der Waals surface area contributed by atoms with E-state index >= 15 is 0 Å². The lowest BCUT2D eigenvalue weighted by Gasteiger charge is -2.26. The van der Waals surface area contributed by atoms with Crippen molar-refractivity contribution in [3.8, 4) is 5.75 Å². The fourth-order valence-electron chi connectivity index (χ4n) is 3.56. The molecule has 10 heteroatoms. The van der Waals surface area contributed by atoms with E-state index in [9.17, 15) is 13.2 Å². The van der Waals surface area contributed by atoms with E-state index in [4.69, 9.17) is 9.47 Å². The number of aryl methyl sites for hydroxylation is 1. The molecule has 0 N–H and O–H groups in total. The molecule has 1 saturated heterocycles. The minimum atomic E-state index is -3.60. The number of rotatable bonds is 6. The predicted octanol–water partition coefficient (Wildman–Crippen LogP) is 2.88. The van der Waals surface area contributed by atoms with E-state index in [1.165, 1.54) is 39.9 Å². The molecule has 3 aromatic rings. The first-order valence-electron chi connectivity index (χ1n) is 10.4. The Bertz CT molecular complexity index is 1290. The number of thiazole rings is 1. The van der Waals surface area contributed by atoms with Crippen molar-refractivity contribution in [3.63, 3.8) is 0 Å². The maximum atomic E-state index is 12.9. The summed E-state index contributed by atoms with van der Waals surface area (Å²) < 4.78 is 40.5. The Morgan fingerprint density at radius 2 is 1.88 bits per heavy atom. The lowest BCUT2D eigenvalue weighted by Crippen LogP contribution is -2.40. The van der Waals surface area contributed by atoms with Crippen molar-refractivity contribution >= 4 is 37.5 Å². The van der Waals surface area contributed by atoms with Crippen molar-refractivity contribution in [1.82, 2.24) is 8.87 Å². The van der Waals surface area contributed by atoms with E-state index in [0.717, 1.165) is 28.9 Å². The van der Waals surface area contributed by atoms with Gasteiger partial charge in [0.2, 0.25) is 10.0 Å². The smallest absolute Gasteiger partial charge is 0.279 e. The highest BCUT2D eigenvalue weighted by Crippen LogP contribution is 2.24. The summed E-state index contributed by atoms with van der Waals surface area (Å²) in [5.41, 5.74) is 1.33. The highest BCUT2D eigenvalue weighted by molar-refractivity contribution is 7.89. The average Bonchev–Trinajstić information content (AvgIpc) is 3.16. The highest BCUT2D eigenvalue weighted by Gasteiger charge is 2.26. The molecule has 1 fully saturated rings. The van der Waals surface area contributed by atoms with Crippen LogP contribution < -0.4 is 9.54 Å². The lowest BCUT2D eigenvalue weighted by molar-refractivity contribution is 0.0730. The van der Waals surface area contributed by atoms with E-state index in [2.05, 4.69) is 11.9 Å². The summed E-state index contributed by atoms with van der Waals surface area (Å²) in [4.78, 5) is 18.0. The van der Waals surface area contributed by atoms with Gasteiger partial charge in [0.05, 0.1) is 35.4 Å². The number of ether oxygens (including phenoxy) is 2. The zero-order valence-electron chi connectivity index (χ0n) is 18.0. The molecule has 0 atom stereocenters. The fraction of sp³-hybridized carbons (Fsp3) is 0.364. The number of carbonyl (C=O) groups is 1. The maximum Gasteiger partial charge on any atom is 0.279 e. The standard InChI is InChI=1S/C22H25N3O5S2/c1-3-10-25-19-9-6-17(29-2)15-20(19)31-22(25)23-21(26)16-4-7-18(8-5-16)32(27,28)24-11-13-30-14-12-24/h4-9,15H,3,10-14H2,1-2H3. The highest BCUT2D eigenvalue weighted by atomic mass is 32.2. The minimum Gasteiger partial charge on any atom is -0.497 e. The Labute approximate surface area is 190 Å². The zero-order chi connectivity index (χ0) is 22.7. The van der Waals surface area contributed by atoms with Gasteiger partial charge in [-0.15, -0.1) is 0 Å². The van der Waals surface area contributed by atoms with Crippen LogP contribution >= 0.6 is 11.3 Å². The summed E-state index contributed by atoms with van der Waals surface area (Å²) in [5.74, 6) is 0.334. The molecule has 0 radical (unpaired) electrons. The van der Waals surface area contributed by atoms with Crippen LogP contribution in [0.4, 0.5) is 0 Å². The molecule has 2 aromatic carbocycles. The van der Waals surface area contributed by atoms with E-state index in [-0.39, 0.29) is 4.90 Å². The van der Waals surface area contributed by atoms with Gasteiger partial charge in [-0.2, -0.15) is 9.30 Å². The van der Waals surface area contributed by atoms with Gasteiger partial charge in [0, 0.05) is 25.2 Å².